The van der Waals surface area contributed by atoms with Crippen LogP contribution in [0.4, 0.5) is 5.69 Å². The first-order valence-corrected chi connectivity index (χ1v) is 3.68. The standard InChI is InChI=1S/C7H5ClN2O3/c8-6-3-1-2-4-7(6)9(5-11)10(12)13/h1-5H. The van der Waals surface area contributed by atoms with Crippen molar-refractivity contribution in [1.29, 1.82) is 0 Å². The highest BCUT2D eigenvalue weighted by Crippen LogP contribution is 2.23. The van der Waals surface area contributed by atoms with Gasteiger partial charge in [0.2, 0.25) is 0 Å². The molecular weight excluding hydrogens is 196 g/mol. The molecule has 0 aliphatic carbocycles. The van der Waals surface area contributed by atoms with E-state index in [1.165, 1.54) is 12.1 Å². The van der Waals surface area contributed by atoms with E-state index >= 15 is 0 Å². The molecule has 0 aliphatic rings. The number of anilines is 1. The molecular formula is C7H5ClN2O3. The van der Waals surface area contributed by atoms with E-state index in [1.807, 2.05) is 0 Å². The summed E-state index contributed by atoms with van der Waals surface area (Å²) in [6.07, 6.45) is 0.0984. The van der Waals surface area contributed by atoms with Crippen LogP contribution in [0, 0.1) is 10.1 Å². The normalized spacial score (nSPS) is 9.31. The third-order valence-corrected chi connectivity index (χ3v) is 1.69. The number of carbonyl (C=O) groups excluding carboxylic acids is 1. The molecule has 0 saturated heterocycles. The van der Waals surface area contributed by atoms with Gasteiger partial charge in [0, 0.05) is 0 Å². The molecule has 0 bridgehead atoms. The smallest absolute Gasteiger partial charge is 0.272 e. The number of hydrogen-bond donors (Lipinski definition) is 0. The minimum absolute atomic E-state index is 0.0594. The summed E-state index contributed by atoms with van der Waals surface area (Å²) in [6, 6.07) is 6.03. The van der Waals surface area contributed by atoms with Crippen molar-refractivity contribution >= 4 is 23.7 Å². The van der Waals surface area contributed by atoms with Crippen LogP contribution in [-0.4, -0.2) is 11.4 Å². The van der Waals surface area contributed by atoms with Gasteiger partial charge in [-0.25, -0.2) is 10.1 Å². The Kier molecular flexibility index (Phi) is 2.81. The Hall–Kier alpha value is -1.62. The number of nitro groups is 1. The zero-order valence-electron chi connectivity index (χ0n) is 6.38. The number of carbonyl (C=O) groups is 1. The van der Waals surface area contributed by atoms with Crippen molar-refractivity contribution in [3.63, 3.8) is 0 Å². The van der Waals surface area contributed by atoms with E-state index in [2.05, 4.69) is 0 Å². The van der Waals surface area contributed by atoms with Crippen LogP contribution < -0.4 is 5.01 Å². The largest absolute Gasteiger partial charge is 0.277 e. The van der Waals surface area contributed by atoms with Crippen LogP contribution in [0.2, 0.25) is 5.02 Å². The van der Waals surface area contributed by atoms with E-state index in [1.54, 1.807) is 12.1 Å². The van der Waals surface area contributed by atoms with E-state index < -0.39 is 5.03 Å². The van der Waals surface area contributed by atoms with Crippen molar-refractivity contribution < 1.29 is 9.83 Å². The molecule has 1 aromatic carbocycles. The Bertz CT molecular complexity index is 342. The van der Waals surface area contributed by atoms with Crippen molar-refractivity contribution in [2.45, 2.75) is 0 Å². The second-order valence-electron chi connectivity index (χ2n) is 2.14. The quantitative estimate of drug-likeness (QED) is 0.422. The van der Waals surface area contributed by atoms with E-state index in [9.17, 15) is 14.9 Å². The van der Waals surface area contributed by atoms with Gasteiger partial charge in [0.05, 0.1) is 5.02 Å². The maximum Gasteiger partial charge on any atom is 0.277 e. The van der Waals surface area contributed by atoms with E-state index in [-0.39, 0.29) is 17.1 Å². The predicted molar refractivity (Wildman–Crippen MR) is 47.0 cm³/mol. The van der Waals surface area contributed by atoms with Crippen molar-refractivity contribution in [3.05, 3.63) is 39.4 Å². The van der Waals surface area contributed by atoms with Gasteiger partial charge in [-0.3, -0.25) is 4.79 Å². The lowest BCUT2D eigenvalue weighted by atomic mass is 10.3. The van der Waals surface area contributed by atoms with Crippen molar-refractivity contribution in [1.82, 2.24) is 0 Å². The number of hydrogen-bond acceptors (Lipinski definition) is 3. The second-order valence-corrected chi connectivity index (χ2v) is 2.55. The molecule has 0 heterocycles. The minimum atomic E-state index is -0.839. The summed E-state index contributed by atoms with van der Waals surface area (Å²) >= 11 is 5.64. The highest BCUT2D eigenvalue weighted by molar-refractivity contribution is 6.33. The van der Waals surface area contributed by atoms with Crippen LogP contribution in [-0.2, 0) is 4.79 Å². The molecule has 1 rings (SSSR count). The Morgan fingerprint density at radius 2 is 2.08 bits per heavy atom. The van der Waals surface area contributed by atoms with Crippen LogP contribution in [0.25, 0.3) is 0 Å². The highest BCUT2D eigenvalue weighted by Gasteiger charge is 2.18. The van der Waals surface area contributed by atoms with Crippen molar-refractivity contribution in [3.8, 4) is 0 Å². The SMILES string of the molecule is O=CN(c1ccccc1Cl)[N+](=O)[O-]. The third-order valence-electron chi connectivity index (χ3n) is 1.38. The highest BCUT2D eigenvalue weighted by atomic mass is 35.5. The van der Waals surface area contributed by atoms with Gasteiger partial charge in [0.1, 0.15) is 5.69 Å². The van der Waals surface area contributed by atoms with Crippen LogP contribution in [0.15, 0.2) is 24.3 Å². The summed E-state index contributed by atoms with van der Waals surface area (Å²) in [5, 5.41) is 9.97. The fourth-order valence-corrected chi connectivity index (χ4v) is 1.04. The molecule has 0 N–H and O–H groups in total. The Morgan fingerprint density at radius 3 is 2.54 bits per heavy atom. The number of para-hydroxylation sites is 1. The Labute approximate surface area is 78.6 Å². The monoisotopic (exact) mass is 200 g/mol. The van der Waals surface area contributed by atoms with E-state index in [0.29, 0.717) is 5.01 Å². The molecule has 13 heavy (non-hydrogen) atoms. The van der Waals surface area contributed by atoms with Crippen LogP contribution in [0.1, 0.15) is 0 Å². The van der Waals surface area contributed by atoms with Crippen molar-refractivity contribution in [2.24, 2.45) is 0 Å². The van der Waals surface area contributed by atoms with Crippen molar-refractivity contribution in [2.75, 3.05) is 5.01 Å². The fraction of sp³-hybridized carbons (Fsp3) is 0. The summed E-state index contributed by atoms with van der Waals surface area (Å²) in [7, 11) is 0. The number of amides is 1. The number of nitrogens with zero attached hydrogens (tertiary/aromatic N) is 2. The fourth-order valence-electron chi connectivity index (χ4n) is 0.821. The predicted octanol–water partition coefficient (Wildman–Crippen LogP) is 1.49. The molecule has 0 fully saturated rings. The van der Waals surface area contributed by atoms with Gasteiger partial charge in [-0.1, -0.05) is 23.7 Å². The summed E-state index contributed by atoms with van der Waals surface area (Å²) in [5.74, 6) is 0. The van der Waals surface area contributed by atoms with Gasteiger partial charge >= 0.3 is 0 Å². The lowest BCUT2D eigenvalue weighted by molar-refractivity contribution is -0.481. The molecule has 0 atom stereocenters. The minimum Gasteiger partial charge on any atom is -0.272 e. The maximum atomic E-state index is 10.3. The number of halogens is 1. The molecule has 0 unspecified atom stereocenters. The molecule has 0 aromatic heterocycles. The van der Waals surface area contributed by atoms with Gasteiger partial charge in [-0.2, -0.15) is 0 Å². The molecule has 0 spiro atoms. The number of benzene rings is 1. The molecule has 0 saturated carbocycles. The average Bonchev–Trinajstić information content (AvgIpc) is 2.09. The first-order chi connectivity index (χ1) is 6.16. The number of hydrazine groups is 1. The third kappa shape index (κ3) is 1.94. The van der Waals surface area contributed by atoms with Gasteiger partial charge in [-0.05, 0) is 17.1 Å². The lowest BCUT2D eigenvalue weighted by Crippen LogP contribution is -2.28. The van der Waals surface area contributed by atoms with Gasteiger partial charge < -0.3 is 0 Å². The van der Waals surface area contributed by atoms with E-state index in [4.69, 9.17) is 11.6 Å². The van der Waals surface area contributed by atoms with Crippen LogP contribution >= 0.6 is 11.6 Å². The van der Waals surface area contributed by atoms with Gasteiger partial charge in [-0.15, -0.1) is 0 Å². The van der Waals surface area contributed by atoms with E-state index in [0.717, 1.165) is 0 Å². The average molecular weight is 201 g/mol. The topological polar surface area (TPSA) is 63.5 Å². The summed E-state index contributed by atoms with van der Waals surface area (Å²) in [5.41, 5.74) is 0.0594. The first-order valence-electron chi connectivity index (χ1n) is 3.30. The Morgan fingerprint density at radius 1 is 1.46 bits per heavy atom. The summed E-state index contributed by atoms with van der Waals surface area (Å²) in [6.45, 7) is 0. The second kappa shape index (κ2) is 3.86. The van der Waals surface area contributed by atoms with Gasteiger partial charge in [0.15, 0.2) is 5.03 Å². The van der Waals surface area contributed by atoms with Gasteiger partial charge in [0.25, 0.3) is 6.41 Å². The zero-order valence-corrected chi connectivity index (χ0v) is 7.14. The summed E-state index contributed by atoms with van der Waals surface area (Å²) < 4.78 is 0. The molecule has 5 nitrogen and oxygen atoms in total. The number of rotatable bonds is 3. The zero-order chi connectivity index (χ0) is 9.84. The Balaban J connectivity index is 3.12. The molecule has 0 radical (unpaired) electrons. The molecule has 6 heteroatoms. The molecule has 0 aliphatic heterocycles. The molecule has 1 amide bonds. The van der Waals surface area contributed by atoms with Crippen LogP contribution in [0.5, 0.6) is 0 Å². The lowest BCUT2D eigenvalue weighted by Gasteiger charge is -2.06. The first kappa shape index (κ1) is 9.47. The molecule has 1 aromatic rings. The van der Waals surface area contributed by atoms with Crippen LogP contribution in [0.3, 0.4) is 0 Å². The molecule has 68 valence electrons. The summed E-state index contributed by atoms with van der Waals surface area (Å²) in [4.78, 5) is 20.6. The maximum absolute atomic E-state index is 10.3.